The van der Waals surface area contributed by atoms with E-state index < -0.39 is 6.10 Å². The quantitative estimate of drug-likeness (QED) is 0.700. The van der Waals surface area contributed by atoms with Gasteiger partial charge in [0.15, 0.2) is 0 Å². The Morgan fingerprint density at radius 3 is 2.75 bits per heavy atom. The molecule has 0 saturated carbocycles. The van der Waals surface area contributed by atoms with E-state index in [2.05, 4.69) is 4.90 Å². The van der Waals surface area contributed by atoms with Crippen molar-refractivity contribution in [1.29, 1.82) is 0 Å². The summed E-state index contributed by atoms with van der Waals surface area (Å²) in [6, 6.07) is 7.56. The summed E-state index contributed by atoms with van der Waals surface area (Å²) in [7, 11) is 0. The van der Waals surface area contributed by atoms with Crippen molar-refractivity contribution in [2.75, 3.05) is 26.2 Å². The molecule has 1 aromatic rings. The van der Waals surface area contributed by atoms with Crippen molar-refractivity contribution < 1.29 is 14.9 Å². The average Bonchev–Trinajstić information content (AvgIpc) is 2.46. The molecule has 1 heterocycles. The van der Waals surface area contributed by atoms with Crippen molar-refractivity contribution in [3.63, 3.8) is 0 Å². The number of ether oxygens (including phenoxy) is 1. The van der Waals surface area contributed by atoms with Gasteiger partial charge in [-0.3, -0.25) is 4.90 Å². The Morgan fingerprint density at radius 2 is 2.10 bits per heavy atom. The summed E-state index contributed by atoms with van der Waals surface area (Å²) in [4.78, 5) is 2.08. The van der Waals surface area contributed by atoms with E-state index in [1.165, 1.54) is 0 Å². The van der Waals surface area contributed by atoms with Crippen LogP contribution in [-0.2, 0) is 6.54 Å². The van der Waals surface area contributed by atoms with Crippen LogP contribution in [0, 0.1) is 0 Å². The fraction of sp³-hybridized carbons (Fsp3) is 0.600. The van der Waals surface area contributed by atoms with Crippen molar-refractivity contribution >= 4 is 0 Å². The highest BCUT2D eigenvalue weighted by Crippen LogP contribution is 2.13. The second-order valence-electron chi connectivity index (χ2n) is 5.37. The minimum atomic E-state index is -0.547. The van der Waals surface area contributed by atoms with Gasteiger partial charge in [-0.2, -0.15) is 0 Å². The van der Waals surface area contributed by atoms with Crippen molar-refractivity contribution in [2.24, 2.45) is 5.73 Å². The molecule has 2 atom stereocenters. The monoisotopic (exact) mass is 280 g/mol. The normalized spacial score (nSPS) is 21.6. The summed E-state index contributed by atoms with van der Waals surface area (Å²) >= 11 is 0. The maximum atomic E-state index is 9.98. The smallest absolute Gasteiger partial charge is 0.119 e. The van der Waals surface area contributed by atoms with Crippen LogP contribution in [0.25, 0.3) is 0 Å². The van der Waals surface area contributed by atoms with Crippen LogP contribution in [0.3, 0.4) is 0 Å². The summed E-state index contributed by atoms with van der Waals surface area (Å²) in [6.07, 6.45) is 1.03. The molecule has 1 fully saturated rings. The molecule has 0 aliphatic carbocycles. The molecule has 0 bridgehead atoms. The Morgan fingerprint density at radius 1 is 1.35 bits per heavy atom. The molecule has 1 aromatic carbocycles. The van der Waals surface area contributed by atoms with Crippen molar-refractivity contribution in [2.45, 2.75) is 31.6 Å². The second-order valence-corrected chi connectivity index (χ2v) is 5.37. The van der Waals surface area contributed by atoms with Gasteiger partial charge in [0.2, 0.25) is 0 Å². The zero-order valence-electron chi connectivity index (χ0n) is 11.7. The molecule has 2 rings (SSSR count). The number of piperidine rings is 1. The highest BCUT2D eigenvalue weighted by molar-refractivity contribution is 5.27. The Kier molecular flexibility index (Phi) is 5.79. The first-order valence-corrected chi connectivity index (χ1v) is 7.17. The second kappa shape index (κ2) is 7.59. The Labute approximate surface area is 120 Å². The van der Waals surface area contributed by atoms with E-state index in [0.29, 0.717) is 19.6 Å². The predicted molar refractivity (Wildman–Crippen MR) is 77.5 cm³/mol. The van der Waals surface area contributed by atoms with Gasteiger partial charge in [-0.05, 0) is 37.1 Å². The molecule has 20 heavy (non-hydrogen) atoms. The van der Waals surface area contributed by atoms with E-state index >= 15 is 0 Å². The molecule has 0 aromatic heterocycles. The molecule has 112 valence electrons. The van der Waals surface area contributed by atoms with Crippen LogP contribution in [0.2, 0.25) is 0 Å². The first-order chi connectivity index (χ1) is 9.67. The molecule has 1 saturated heterocycles. The first-order valence-electron chi connectivity index (χ1n) is 7.17. The Balaban J connectivity index is 1.72. The van der Waals surface area contributed by atoms with Crippen LogP contribution in [0.4, 0.5) is 0 Å². The number of hydrogen-bond acceptors (Lipinski definition) is 5. The van der Waals surface area contributed by atoms with Gasteiger partial charge in [0.05, 0.1) is 6.10 Å². The third kappa shape index (κ3) is 4.76. The van der Waals surface area contributed by atoms with Gasteiger partial charge < -0.3 is 20.7 Å². The first kappa shape index (κ1) is 15.3. The van der Waals surface area contributed by atoms with Gasteiger partial charge in [-0.25, -0.2) is 0 Å². The fourth-order valence-electron chi connectivity index (χ4n) is 2.46. The molecule has 4 N–H and O–H groups in total. The van der Waals surface area contributed by atoms with Crippen LogP contribution in [0.15, 0.2) is 24.3 Å². The number of rotatable bonds is 6. The van der Waals surface area contributed by atoms with Crippen LogP contribution in [0.5, 0.6) is 5.75 Å². The molecular weight excluding hydrogens is 256 g/mol. The zero-order chi connectivity index (χ0) is 14.4. The number of nitrogens with zero attached hydrogens (tertiary/aromatic N) is 1. The topological polar surface area (TPSA) is 79.0 Å². The lowest BCUT2D eigenvalue weighted by molar-refractivity contribution is 0.0243. The molecule has 2 unspecified atom stereocenters. The van der Waals surface area contributed by atoms with Crippen molar-refractivity contribution in [1.82, 2.24) is 4.90 Å². The number of aliphatic hydroxyl groups is 2. The number of benzene rings is 1. The number of nitrogens with two attached hydrogens (primary N) is 1. The zero-order valence-corrected chi connectivity index (χ0v) is 11.7. The molecule has 5 heteroatoms. The van der Waals surface area contributed by atoms with Gasteiger partial charge in [0.1, 0.15) is 18.5 Å². The Hall–Kier alpha value is -1.14. The highest BCUT2D eigenvalue weighted by Gasteiger charge is 2.20. The van der Waals surface area contributed by atoms with Crippen molar-refractivity contribution in [3.8, 4) is 5.75 Å². The largest absolute Gasteiger partial charge is 0.491 e. The average molecular weight is 280 g/mol. The maximum Gasteiger partial charge on any atom is 0.119 e. The molecule has 1 aliphatic rings. The van der Waals surface area contributed by atoms with Gasteiger partial charge in [-0.1, -0.05) is 12.1 Å². The van der Waals surface area contributed by atoms with Crippen LogP contribution < -0.4 is 10.5 Å². The lowest BCUT2D eigenvalue weighted by Crippen LogP contribution is -2.43. The molecule has 5 nitrogen and oxygen atoms in total. The summed E-state index contributed by atoms with van der Waals surface area (Å²) in [5.41, 5.74) is 6.59. The van der Waals surface area contributed by atoms with E-state index in [0.717, 1.165) is 30.7 Å². The molecule has 0 spiro atoms. The lowest BCUT2D eigenvalue weighted by Gasteiger charge is -2.31. The number of likely N-dealkylation sites (tertiary alicyclic amines) is 1. The molecule has 0 amide bonds. The van der Waals surface area contributed by atoms with E-state index in [-0.39, 0.29) is 12.7 Å². The fourth-order valence-corrected chi connectivity index (χ4v) is 2.46. The van der Waals surface area contributed by atoms with E-state index in [9.17, 15) is 10.2 Å². The number of β-amino-alcohol motifs (C(OH)–C–C–N with tert-alkyl or cyclic N) is 2. The minimum absolute atomic E-state index is 0.258. The summed E-state index contributed by atoms with van der Waals surface area (Å²) in [6.45, 7) is 2.88. The van der Waals surface area contributed by atoms with Gasteiger partial charge in [-0.15, -0.1) is 0 Å². The van der Waals surface area contributed by atoms with Gasteiger partial charge in [0, 0.05) is 19.6 Å². The standard InChI is InChI=1S/C15H24N2O3/c16-8-12-3-5-15(6-4-12)20-11-14(19)10-17-7-1-2-13(18)9-17/h3-6,13-14,18-19H,1-2,7-11,16H2. The molecule has 1 aliphatic heterocycles. The van der Waals surface area contributed by atoms with E-state index in [1.54, 1.807) is 0 Å². The summed E-state index contributed by atoms with van der Waals surface area (Å²) in [5.74, 6) is 0.736. The van der Waals surface area contributed by atoms with Gasteiger partial charge in [0.25, 0.3) is 0 Å². The maximum absolute atomic E-state index is 9.98. The number of aliphatic hydroxyl groups excluding tert-OH is 2. The van der Waals surface area contributed by atoms with Crippen molar-refractivity contribution in [3.05, 3.63) is 29.8 Å². The summed E-state index contributed by atoms with van der Waals surface area (Å²) < 4.78 is 5.56. The molecular formula is C15H24N2O3. The third-order valence-corrected chi connectivity index (χ3v) is 3.55. The van der Waals surface area contributed by atoms with E-state index in [4.69, 9.17) is 10.5 Å². The van der Waals surface area contributed by atoms with E-state index in [1.807, 2.05) is 24.3 Å². The SMILES string of the molecule is NCc1ccc(OCC(O)CN2CCCC(O)C2)cc1. The van der Waals surface area contributed by atoms with Gasteiger partial charge >= 0.3 is 0 Å². The van der Waals surface area contributed by atoms with Crippen LogP contribution in [0.1, 0.15) is 18.4 Å². The summed E-state index contributed by atoms with van der Waals surface area (Å²) in [5, 5.41) is 19.6. The molecule has 0 radical (unpaired) electrons. The number of hydrogen-bond donors (Lipinski definition) is 3. The van der Waals surface area contributed by atoms with Crippen LogP contribution >= 0.6 is 0 Å². The Bertz CT molecular complexity index is 397. The minimum Gasteiger partial charge on any atom is -0.491 e. The van der Waals surface area contributed by atoms with Crippen LogP contribution in [-0.4, -0.2) is 53.6 Å². The predicted octanol–water partition coefficient (Wildman–Crippen LogP) is 0.342. The highest BCUT2D eigenvalue weighted by atomic mass is 16.5. The lowest BCUT2D eigenvalue weighted by atomic mass is 10.1. The third-order valence-electron chi connectivity index (χ3n) is 3.55.